The van der Waals surface area contributed by atoms with Crippen LogP contribution in [0.3, 0.4) is 0 Å². The van der Waals surface area contributed by atoms with Gasteiger partial charge in [0.05, 0.1) is 14.2 Å². The van der Waals surface area contributed by atoms with Gasteiger partial charge in [0.2, 0.25) is 0 Å². The van der Waals surface area contributed by atoms with Crippen LogP contribution in [0.4, 0.5) is 0 Å². The normalized spacial score (nSPS) is 13.8. The summed E-state index contributed by atoms with van der Waals surface area (Å²) in [4.78, 5) is 0. The van der Waals surface area contributed by atoms with Crippen LogP contribution in [0.15, 0.2) is 59.7 Å². The van der Waals surface area contributed by atoms with E-state index >= 15 is 0 Å². The maximum absolute atomic E-state index is 5.24. The molecular weight excluding hydrogens is 400 g/mol. The third-order valence-corrected chi connectivity index (χ3v) is 16.4. The number of hydrogen-bond acceptors (Lipinski definition) is 5. The standard InChI is InChI=1S/C16H16O2P2S2.C3H7N/c1-17-13-3-7-15(8-4-13)19-11-12-21-20(22-19)16-9-5-14(18-2)6-10-16;1-2-4-3-1/h3-12H,1-2H3;4H,1-3H2. The highest BCUT2D eigenvalue weighted by Crippen LogP contribution is 2.58. The van der Waals surface area contributed by atoms with Crippen molar-refractivity contribution in [2.75, 3.05) is 27.3 Å². The molecule has 3 nitrogen and oxygen atoms in total. The van der Waals surface area contributed by atoms with Gasteiger partial charge in [0, 0.05) is 21.9 Å². The van der Waals surface area contributed by atoms with Gasteiger partial charge in [-0.15, -0.1) is 10.9 Å². The van der Waals surface area contributed by atoms with Crippen LogP contribution in [-0.4, -0.2) is 27.3 Å². The van der Waals surface area contributed by atoms with Crippen LogP contribution in [0.1, 0.15) is 6.42 Å². The predicted octanol–water partition coefficient (Wildman–Crippen LogP) is 6.88. The minimum absolute atomic E-state index is 0.270. The van der Waals surface area contributed by atoms with E-state index in [0.29, 0.717) is 0 Å². The second kappa shape index (κ2) is 10.2. The van der Waals surface area contributed by atoms with Crippen molar-refractivity contribution in [1.29, 1.82) is 0 Å². The zero-order chi connectivity index (χ0) is 18.2. The van der Waals surface area contributed by atoms with Gasteiger partial charge < -0.3 is 14.8 Å². The Morgan fingerprint density at radius 1 is 0.846 bits per heavy atom. The van der Waals surface area contributed by atoms with Crippen LogP contribution in [0.2, 0.25) is 0 Å². The maximum atomic E-state index is 5.24. The van der Waals surface area contributed by atoms with Crippen molar-refractivity contribution >= 4 is 34.1 Å². The van der Waals surface area contributed by atoms with Crippen molar-refractivity contribution in [1.82, 2.24) is 5.32 Å². The Bertz CT molecular complexity index is 759. The minimum Gasteiger partial charge on any atom is -0.497 e. The van der Waals surface area contributed by atoms with Crippen molar-refractivity contribution in [2.45, 2.75) is 6.42 Å². The summed E-state index contributed by atoms with van der Waals surface area (Å²) in [5.41, 5.74) is 0. The maximum Gasteiger partial charge on any atom is 0.118 e. The summed E-state index contributed by atoms with van der Waals surface area (Å²) in [6.45, 7) is 2.20. The molecule has 0 radical (unpaired) electrons. The average molecular weight is 423 g/mol. The van der Waals surface area contributed by atoms with Gasteiger partial charge in [-0.1, -0.05) is 10.5 Å². The molecule has 4 rings (SSSR count). The third kappa shape index (κ3) is 5.39. The Hall–Kier alpha value is -1.22. The summed E-state index contributed by atoms with van der Waals surface area (Å²) in [7, 11) is 7.43. The van der Waals surface area contributed by atoms with Gasteiger partial charge in [0.15, 0.2) is 0 Å². The first kappa shape index (κ1) is 19.5. The van der Waals surface area contributed by atoms with E-state index < -0.39 is 0 Å². The quantitative estimate of drug-likeness (QED) is 0.496. The number of methoxy groups -OCH3 is 2. The lowest BCUT2D eigenvalue weighted by Crippen LogP contribution is -2.29. The lowest BCUT2D eigenvalue weighted by molar-refractivity contribution is 0.415. The summed E-state index contributed by atoms with van der Waals surface area (Å²) < 4.78 is 10.5. The summed E-state index contributed by atoms with van der Waals surface area (Å²) in [6.07, 6.45) is 1.39. The summed E-state index contributed by atoms with van der Waals surface area (Å²) in [6, 6.07) is 16.9. The van der Waals surface area contributed by atoms with Crippen LogP contribution in [0.25, 0.3) is 10.6 Å². The predicted molar refractivity (Wildman–Crippen MR) is 119 cm³/mol. The van der Waals surface area contributed by atoms with E-state index in [0.717, 1.165) is 11.5 Å². The second-order valence-corrected chi connectivity index (χ2v) is 15.4. The molecule has 1 N–H and O–H groups in total. The Morgan fingerprint density at radius 3 is 1.81 bits per heavy atom. The molecule has 3 aromatic rings. The highest BCUT2D eigenvalue weighted by molar-refractivity contribution is 8.32. The van der Waals surface area contributed by atoms with Crippen LogP contribution in [0, 0.1) is 0 Å². The van der Waals surface area contributed by atoms with Crippen molar-refractivity contribution < 1.29 is 9.47 Å². The summed E-state index contributed by atoms with van der Waals surface area (Å²) >= 11 is 0. The molecule has 0 saturated carbocycles. The number of hydrogen-bond donors (Lipinski definition) is 1. The van der Waals surface area contributed by atoms with Gasteiger partial charge in [0.1, 0.15) is 11.5 Å². The molecule has 0 amide bonds. The highest BCUT2D eigenvalue weighted by Gasteiger charge is 2.03. The third-order valence-electron chi connectivity index (χ3n) is 3.83. The molecule has 2 atom stereocenters. The molecule has 138 valence electrons. The lowest BCUT2D eigenvalue weighted by atomic mass is 10.3. The SMILES string of the molecule is C1CNC1.COc1ccc(-p2ccsp(-c3ccc(OC)cc3)s2)cc1. The molecule has 1 saturated heterocycles. The van der Waals surface area contributed by atoms with E-state index in [9.17, 15) is 0 Å². The first-order chi connectivity index (χ1) is 12.8. The fourth-order valence-electron chi connectivity index (χ4n) is 2.12. The molecule has 7 heteroatoms. The van der Waals surface area contributed by atoms with Crippen LogP contribution < -0.4 is 14.8 Å². The van der Waals surface area contributed by atoms with Gasteiger partial charge in [-0.25, -0.2) is 0 Å². The van der Waals surface area contributed by atoms with E-state index in [1.165, 1.54) is 30.1 Å². The number of nitrogens with one attached hydrogen (secondary N) is 1. The largest absolute Gasteiger partial charge is 0.497 e. The average Bonchev–Trinajstić information content (AvgIpc) is 2.67. The van der Waals surface area contributed by atoms with E-state index in [2.05, 4.69) is 51.3 Å². The monoisotopic (exact) mass is 423 g/mol. The zero-order valence-corrected chi connectivity index (χ0v) is 18.3. The Balaban J connectivity index is 0.000000433. The van der Waals surface area contributed by atoms with Crippen molar-refractivity contribution in [3.05, 3.63) is 59.7 Å². The van der Waals surface area contributed by atoms with Crippen molar-refractivity contribution in [3.63, 3.8) is 0 Å². The van der Waals surface area contributed by atoms with Gasteiger partial charge in [-0.2, -0.15) is 0 Å². The molecule has 2 aromatic carbocycles. The molecule has 1 aromatic heterocycles. The van der Waals surface area contributed by atoms with Crippen molar-refractivity contribution in [2.24, 2.45) is 0 Å². The van der Waals surface area contributed by atoms with Gasteiger partial charge in [0.25, 0.3) is 0 Å². The molecular formula is C19H23NO2P2S2. The second-order valence-electron chi connectivity index (χ2n) is 5.55. The van der Waals surface area contributed by atoms with Crippen LogP contribution in [-0.2, 0) is 0 Å². The zero-order valence-electron chi connectivity index (χ0n) is 14.9. The minimum atomic E-state index is -0.301. The number of benzene rings is 2. The van der Waals surface area contributed by atoms with Gasteiger partial charge in [-0.05, 0) is 80.6 Å². The number of rotatable bonds is 4. The molecule has 0 bridgehead atoms. The molecule has 0 aliphatic carbocycles. The van der Waals surface area contributed by atoms with E-state index in [1.54, 1.807) is 14.2 Å². The fourth-order valence-corrected chi connectivity index (χ4v) is 15.9. The highest BCUT2D eigenvalue weighted by atomic mass is 33.0. The Kier molecular flexibility index (Phi) is 7.67. The van der Waals surface area contributed by atoms with E-state index in [-0.39, 0.29) is 12.6 Å². The van der Waals surface area contributed by atoms with Crippen LogP contribution in [0.5, 0.6) is 11.5 Å². The Labute approximate surface area is 164 Å². The topological polar surface area (TPSA) is 30.5 Å². The van der Waals surface area contributed by atoms with Gasteiger partial charge in [-0.3, -0.25) is 0 Å². The summed E-state index contributed by atoms with van der Waals surface area (Å²) in [5, 5.41) is 8.16. The smallest absolute Gasteiger partial charge is 0.118 e. The molecule has 2 unspecified atom stereocenters. The Morgan fingerprint density at radius 2 is 1.35 bits per heavy atom. The van der Waals surface area contributed by atoms with E-state index in [1.807, 2.05) is 35.2 Å². The molecule has 1 aliphatic heterocycles. The molecule has 0 spiro atoms. The first-order valence-corrected chi connectivity index (χ1v) is 14.7. The fraction of sp³-hybridized carbons (Fsp3) is 0.263. The summed E-state index contributed by atoms with van der Waals surface area (Å²) in [5.74, 6) is 3.90. The van der Waals surface area contributed by atoms with Crippen LogP contribution >= 0.6 is 34.1 Å². The molecule has 1 aliphatic rings. The molecule has 26 heavy (non-hydrogen) atoms. The lowest BCUT2D eigenvalue weighted by Gasteiger charge is -2.09. The first-order valence-electron chi connectivity index (χ1n) is 8.40. The molecule has 2 heterocycles. The molecule has 1 fully saturated rings. The van der Waals surface area contributed by atoms with Gasteiger partial charge >= 0.3 is 0 Å². The number of ether oxygens (including phenoxy) is 2. The van der Waals surface area contributed by atoms with E-state index in [4.69, 9.17) is 9.47 Å². The van der Waals surface area contributed by atoms with Crippen molar-refractivity contribution in [3.8, 4) is 22.1 Å².